The van der Waals surface area contributed by atoms with Crippen LogP contribution in [-0.2, 0) is 4.74 Å². The summed E-state index contributed by atoms with van der Waals surface area (Å²) in [5.74, 6) is 2.88. The van der Waals surface area contributed by atoms with Gasteiger partial charge in [-0.05, 0) is 20.3 Å². The van der Waals surface area contributed by atoms with Crippen molar-refractivity contribution in [1.29, 1.82) is 0 Å². The van der Waals surface area contributed by atoms with Crippen LogP contribution in [0.3, 0.4) is 0 Å². The highest BCUT2D eigenvalue weighted by molar-refractivity contribution is 14.0. The van der Waals surface area contributed by atoms with Crippen LogP contribution in [0.25, 0.3) is 0 Å². The Morgan fingerprint density at radius 2 is 1.58 bits per heavy atom. The third-order valence-electron chi connectivity index (χ3n) is 3.66. The van der Waals surface area contributed by atoms with Gasteiger partial charge in [-0.15, -0.1) is 24.0 Å². The maximum atomic E-state index is 5.76. The monoisotopic (exact) mass is 481 g/mol. The van der Waals surface area contributed by atoms with E-state index in [9.17, 15) is 0 Å². The summed E-state index contributed by atoms with van der Waals surface area (Å²) >= 11 is 0. The average Bonchev–Trinajstić information content (AvgIpc) is 2.63. The van der Waals surface area contributed by atoms with Gasteiger partial charge in [0.15, 0.2) is 5.96 Å². The molecule has 0 unspecified atom stereocenters. The zero-order chi connectivity index (χ0) is 18.7. The van der Waals surface area contributed by atoms with Crippen molar-refractivity contribution in [2.45, 2.75) is 25.9 Å². The predicted octanol–water partition coefficient (Wildman–Crippen LogP) is 2.68. The Morgan fingerprint density at radius 3 is 2.08 bits per heavy atom. The summed E-state index contributed by atoms with van der Waals surface area (Å²) in [6, 6.07) is 5.48. The number of nitrogens with one attached hydrogen (secondary N) is 2. The number of guanidine groups is 1. The lowest BCUT2D eigenvalue weighted by molar-refractivity contribution is 0.0268. The van der Waals surface area contributed by atoms with Crippen LogP contribution >= 0.6 is 24.0 Å². The fourth-order valence-electron chi connectivity index (χ4n) is 1.92. The van der Waals surface area contributed by atoms with Crippen LogP contribution in [0.1, 0.15) is 20.3 Å². The lowest BCUT2D eigenvalue weighted by atomic mass is 10.1. The molecule has 0 aliphatic carbocycles. The minimum absolute atomic E-state index is 0. The van der Waals surface area contributed by atoms with E-state index < -0.39 is 0 Å². The Hall–Kier alpha value is -1.42. The molecule has 150 valence electrons. The Balaban J connectivity index is 0.00000625. The first-order valence-corrected chi connectivity index (χ1v) is 8.29. The predicted molar refractivity (Wildman–Crippen MR) is 116 cm³/mol. The molecule has 0 heterocycles. The van der Waals surface area contributed by atoms with Crippen molar-refractivity contribution < 1.29 is 18.9 Å². The zero-order valence-electron chi connectivity index (χ0n) is 16.5. The lowest BCUT2D eigenvalue weighted by Crippen LogP contribution is -2.45. The standard InChI is InChI=1S/C18H31N3O4.HI/c1-18(2,24-6)13-21-17(19-3)20-8-7-9-25-16-11-14(22-4)10-15(12-16)23-5;/h10-12H,7-9,13H2,1-6H3,(H2,19,20,21);1H. The Kier molecular flexibility index (Phi) is 12.2. The first-order valence-electron chi connectivity index (χ1n) is 8.29. The van der Waals surface area contributed by atoms with E-state index in [1.54, 1.807) is 28.4 Å². The van der Waals surface area contributed by atoms with Crippen molar-refractivity contribution >= 4 is 29.9 Å². The largest absolute Gasteiger partial charge is 0.496 e. The van der Waals surface area contributed by atoms with Gasteiger partial charge in [0.05, 0.1) is 26.4 Å². The molecule has 8 heteroatoms. The van der Waals surface area contributed by atoms with Gasteiger partial charge in [0.25, 0.3) is 0 Å². The molecule has 0 atom stereocenters. The van der Waals surface area contributed by atoms with Gasteiger partial charge in [-0.1, -0.05) is 0 Å². The van der Waals surface area contributed by atoms with Crippen molar-refractivity contribution in [1.82, 2.24) is 10.6 Å². The number of rotatable bonds is 10. The van der Waals surface area contributed by atoms with Gasteiger partial charge in [0, 0.05) is 45.4 Å². The first kappa shape index (κ1) is 24.6. The van der Waals surface area contributed by atoms with E-state index in [0.29, 0.717) is 24.7 Å². The quantitative estimate of drug-likeness (QED) is 0.232. The fraction of sp³-hybridized carbons (Fsp3) is 0.611. The summed E-state index contributed by atoms with van der Waals surface area (Å²) in [7, 11) is 6.68. The number of ether oxygens (including phenoxy) is 4. The molecule has 0 fully saturated rings. The molecule has 0 amide bonds. The third-order valence-corrected chi connectivity index (χ3v) is 3.66. The molecule has 1 aromatic rings. The summed E-state index contributed by atoms with van der Waals surface area (Å²) in [5, 5.41) is 6.49. The molecule has 0 saturated carbocycles. The van der Waals surface area contributed by atoms with Gasteiger partial charge in [-0.25, -0.2) is 0 Å². The molecule has 0 aliphatic heterocycles. The Bertz CT molecular complexity index is 531. The number of aliphatic imine (C=N–C) groups is 1. The van der Waals surface area contributed by atoms with Crippen molar-refractivity contribution in [2.75, 3.05) is 48.1 Å². The molecular formula is C18H32IN3O4. The molecule has 7 nitrogen and oxygen atoms in total. The number of nitrogens with zero attached hydrogens (tertiary/aromatic N) is 1. The Morgan fingerprint density at radius 1 is 1.00 bits per heavy atom. The van der Waals surface area contributed by atoms with Gasteiger partial charge in [0.2, 0.25) is 0 Å². The second-order valence-electron chi connectivity index (χ2n) is 6.07. The van der Waals surface area contributed by atoms with Crippen LogP contribution in [0.2, 0.25) is 0 Å². The molecule has 1 aromatic carbocycles. The molecule has 1 rings (SSSR count). The van der Waals surface area contributed by atoms with E-state index in [1.807, 2.05) is 32.0 Å². The van der Waals surface area contributed by atoms with Crippen LogP contribution < -0.4 is 24.8 Å². The molecule has 0 spiro atoms. The van der Waals surface area contributed by atoms with E-state index in [-0.39, 0.29) is 29.6 Å². The van der Waals surface area contributed by atoms with E-state index in [2.05, 4.69) is 15.6 Å². The molecule has 26 heavy (non-hydrogen) atoms. The number of hydrogen-bond acceptors (Lipinski definition) is 5. The number of benzene rings is 1. The molecule has 0 bridgehead atoms. The summed E-state index contributed by atoms with van der Waals surface area (Å²) < 4.78 is 21.6. The minimum atomic E-state index is -0.244. The highest BCUT2D eigenvalue weighted by Gasteiger charge is 2.16. The minimum Gasteiger partial charge on any atom is -0.496 e. The van der Waals surface area contributed by atoms with E-state index >= 15 is 0 Å². The number of methoxy groups -OCH3 is 3. The maximum Gasteiger partial charge on any atom is 0.191 e. The average molecular weight is 481 g/mol. The second-order valence-corrected chi connectivity index (χ2v) is 6.07. The summed E-state index contributed by atoms with van der Waals surface area (Å²) in [5.41, 5.74) is -0.244. The third kappa shape index (κ3) is 9.33. The van der Waals surface area contributed by atoms with Crippen molar-refractivity contribution in [3.63, 3.8) is 0 Å². The highest BCUT2D eigenvalue weighted by Crippen LogP contribution is 2.27. The van der Waals surface area contributed by atoms with Gasteiger partial charge in [0.1, 0.15) is 17.2 Å². The second kappa shape index (κ2) is 12.9. The van der Waals surface area contributed by atoms with Gasteiger partial charge in [-0.2, -0.15) is 0 Å². The summed E-state index contributed by atoms with van der Waals surface area (Å²) in [6.07, 6.45) is 0.827. The maximum absolute atomic E-state index is 5.76. The van der Waals surface area contributed by atoms with Crippen LogP contribution in [0.15, 0.2) is 23.2 Å². The van der Waals surface area contributed by atoms with Crippen molar-refractivity contribution in [3.8, 4) is 17.2 Å². The van der Waals surface area contributed by atoms with Crippen LogP contribution in [0.5, 0.6) is 17.2 Å². The van der Waals surface area contributed by atoms with Gasteiger partial charge in [-0.3, -0.25) is 4.99 Å². The molecule has 0 aromatic heterocycles. The molecule has 0 saturated heterocycles. The van der Waals surface area contributed by atoms with E-state index in [1.165, 1.54) is 0 Å². The Labute approximate surface area is 173 Å². The number of hydrogen-bond donors (Lipinski definition) is 2. The van der Waals surface area contributed by atoms with Gasteiger partial charge < -0.3 is 29.6 Å². The van der Waals surface area contributed by atoms with Crippen LogP contribution in [0, 0.1) is 0 Å². The smallest absolute Gasteiger partial charge is 0.191 e. The molecule has 2 N–H and O–H groups in total. The summed E-state index contributed by atoms with van der Waals surface area (Å²) in [6.45, 7) is 6.02. The molecule has 0 radical (unpaired) electrons. The highest BCUT2D eigenvalue weighted by atomic mass is 127. The zero-order valence-corrected chi connectivity index (χ0v) is 18.9. The number of halogens is 1. The normalized spacial score (nSPS) is 11.4. The van der Waals surface area contributed by atoms with Crippen LogP contribution in [0.4, 0.5) is 0 Å². The van der Waals surface area contributed by atoms with Crippen molar-refractivity contribution in [3.05, 3.63) is 18.2 Å². The lowest BCUT2D eigenvalue weighted by Gasteiger charge is -2.24. The fourth-order valence-corrected chi connectivity index (χ4v) is 1.92. The van der Waals surface area contributed by atoms with E-state index in [0.717, 1.165) is 24.7 Å². The topological polar surface area (TPSA) is 73.3 Å². The van der Waals surface area contributed by atoms with Crippen molar-refractivity contribution in [2.24, 2.45) is 4.99 Å². The van der Waals surface area contributed by atoms with E-state index in [4.69, 9.17) is 18.9 Å². The molecular weight excluding hydrogens is 449 g/mol. The van der Waals surface area contributed by atoms with Gasteiger partial charge >= 0.3 is 0 Å². The SMILES string of the molecule is CN=C(NCCCOc1cc(OC)cc(OC)c1)NCC(C)(C)OC.I. The first-order chi connectivity index (χ1) is 11.9. The summed E-state index contributed by atoms with van der Waals surface area (Å²) in [4.78, 5) is 4.19. The van der Waals surface area contributed by atoms with Crippen LogP contribution in [-0.4, -0.2) is 59.6 Å². The molecule has 0 aliphatic rings.